The van der Waals surface area contributed by atoms with Crippen LogP contribution in [-0.4, -0.2) is 23.3 Å². The number of thioether (sulfide) groups is 1. The molecular formula is C18H17ClN2O2S. The van der Waals surface area contributed by atoms with Gasteiger partial charge in [-0.2, -0.15) is 0 Å². The summed E-state index contributed by atoms with van der Waals surface area (Å²) < 4.78 is 6.81. The first kappa shape index (κ1) is 17.0. The molecule has 0 aliphatic heterocycles. The maximum absolute atomic E-state index is 12.8. The van der Waals surface area contributed by atoms with Crippen LogP contribution in [0.25, 0.3) is 10.9 Å². The summed E-state index contributed by atoms with van der Waals surface area (Å²) in [5.74, 6) is 0.693. The summed E-state index contributed by atoms with van der Waals surface area (Å²) in [5, 5.41) is 2.02. The first-order valence-electron chi connectivity index (χ1n) is 7.55. The molecule has 2 aromatic carbocycles. The minimum Gasteiger partial charge on any atom is -0.383 e. The van der Waals surface area contributed by atoms with Crippen LogP contribution in [0.5, 0.6) is 0 Å². The molecule has 4 nitrogen and oxygen atoms in total. The minimum atomic E-state index is -0.0359. The van der Waals surface area contributed by atoms with E-state index in [4.69, 9.17) is 16.3 Å². The summed E-state index contributed by atoms with van der Waals surface area (Å²) in [6.45, 7) is 0.940. The quantitative estimate of drug-likeness (QED) is 0.492. The van der Waals surface area contributed by atoms with Gasteiger partial charge in [0.2, 0.25) is 0 Å². The van der Waals surface area contributed by atoms with Crippen molar-refractivity contribution in [3.63, 3.8) is 0 Å². The maximum atomic E-state index is 12.8. The van der Waals surface area contributed by atoms with Crippen LogP contribution in [0.3, 0.4) is 0 Å². The van der Waals surface area contributed by atoms with Gasteiger partial charge in [0.1, 0.15) is 0 Å². The molecule has 6 heteroatoms. The minimum absolute atomic E-state index is 0.0359. The van der Waals surface area contributed by atoms with E-state index in [0.29, 0.717) is 40.0 Å². The zero-order valence-electron chi connectivity index (χ0n) is 13.2. The molecule has 0 radical (unpaired) electrons. The first-order valence-corrected chi connectivity index (χ1v) is 8.91. The van der Waals surface area contributed by atoms with Crippen LogP contribution < -0.4 is 5.56 Å². The fourth-order valence-electron chi connectivity index (χ4n) is 2.41. The van der Waals surface area contributed by atoms with Gasteiger partial charge < -0.3 is 4.74 Å². The highest BCUT2D eigenvalue weighted by Crippen LogP contribution is 2.23. The second-order valence-corrected chi connectivity index (χ2v) is 6.66. The van der Waals surface area contributed by atoms with Crippen LogP contribution in [0.1, 0.15) is 5.56 Å². The van der Waals surface area contributed by atoms with Crippen molar-refractivity contribution in [2.75, 3.05) is 13.7 Å². The number of halogens is 1. The Morgan fingerprint density at radius 1 is 1.21 bits per heavy atom. The van der Waals surface area contributed by atoms with Crippen LogP contribution in [0, 0.1) is 0 Å². The Hall–Kier alpha value is -1.82. The number of hydrogen-bond donors (Lipinski definition) is 0. The summed E-state index contributed by atoms with van der Waals surface area (Å²) in [6.07, 6.45) is 0. The molecule has 0 spiro atoms. The Morgan fingerprint density at radius 2 is 2.04 bits per heavy atom. The SMILES string of the molecule is COCCn1c(SCc2cccc(Cl)c2)nc2ccccc2c1=O. The predicted molar refractivity (Wildman–Crippen MR) is 98.9 cm³/mol. The van der Waals surface area contributed by atoms with Gasteiger partial charge in [-0.15, -0.1) is 0 Å². The fraction of sp³-hybridized carbons (Fsp3) is 0.222. The molecule has 0 amide bonds. The van der Waals surface area contributed by atoms with E-state index < -0.39 is 0 Å². The number of benzene rings is 2. The molecule has 0 bridgehead atoms. The average molecular weight is 361 g/mol. The van der Waals surface area contributed by atoms with Gasteiger partial charge in [-0.1, -0.05) is 47.6 Å². The Labute approximate surface area is 149 Å². The highest BCUT2D eigenvalue weighted by atomic mass is 35.5. The van der Waals surface area contributed by atoms with E-state index >= 15 is 0 Å². The Bertz CT molecular complexity index is 911. The lowest BCUT2D eigenvalue weighted by Crippen LogP contribution is -2.25. The van der Waals surface area contributed by atoms with Crippen LogP contribution >= 0.6 is 23.4 Å². The van der Waals surface area contributed by atoms with E-state index in [1.807, 2.05) is 42.5 Å². The zero-order valence-corrected chi connectivity index (χ0v) is 14.8. The molecular weight excluding hydrogens is 344 g/mol. The lowest BCUT2D eigenvalue weighted by molar-refractivity contribution is 0.183. The molecule has 1 aromatic heterocycles. The number of rotatable bonds is 6. The summed E-state index contributed by atoms with van der Waals surface area (Å²) in [5.41, 5.74) is 1.77. The molecule has 0 aliphatic carbocycles. The zero-order chi connectivity index (χ0) is 16.9. The lowest BCUT2D eigenvalue weighted by Gasteiger charge is -2.12. The number of aromatic nitrogens is 2. The molecule has 0 atom stereocenters. The smallest absolute Gasteiger partial charge is 0.262 e. The van der Waals surface area contributed by atoms with Crippen LogP contribution in [0.15, 0.2) is 58.5 Å². The number of methoxy groups -OCH3 is 1. The topological polar surface area (TPSA) is 44.1 Å². The van der Waals surface area contributed by atoms with Crippen molar-refractivity contribution in [3.8, 4) is 0 Å². The molecule has 0 saturated heterocycles. The monoisotopic (exact) mass is 360 g/mol. The molecule has 0 aliphatic rings. The molecule has 24 heavy (non-hydrogen) atoms. The van der Waals surface area contributed by atoms with E-state index in [0.717, 1.165) is 5.56 Å². The van der Waals surface area contributed by atoms with Crippen molar-refractivity contribution in [2.45, 2.75) is 17.5 Å². The van der Waals surface area contributed by atoms with Crippen molar-refractivity contribution >= 4 is 34.3 Å². The fourth-order valence-corrected chi connectivity index (χ4v) is 3.59. The van der Waals surface area contributed by atoms with Crippen molar-refractivity contribution in [3.05, 3.63) is 69.5 Å². The molecule has 1 heterocycles. The number of fused-ring (bicyclic) bond motifs is 1. The van der Waals surface area contributed by atoms with Crippen LogP contribution in [0.4, 0.5) is 0 Å². The van der Waals surface area contributed by atoms with Crippen molar-refractivity contribution in [1.82, 2.24) is 9.55 Å². The number of hydrogen-bond acceptors (Lipinski definition) is 4. The van der Waals surface area contributed by atoms with Gasteiger partial charge in [0.25, 0.3) is 5.56 Å². The largest absolute Gasteiger partial charge is 0.383 e. The van der Waals surface area contributed by atoms with Gasteiger partial charge in [0.15, 0.2) is 5.16 Å². The first-order chi connectivity index (χ1) is 11.7. The van der Waals surface area contributed by atoms with Crippen LogP contribution in [0.2, 0.25) is 5.02 Å². The van der Waals surface area contributed by atoms with E-state index in [2.05, 4.69) is 4.98 Å². The van der Waals surface area contributed by atoms with Gasteiger partial charge in [-0.25, -0.2) is 4.98 Å². The highest BCUT2D eigenvalue weighted by Gasteiger charge is 2.11. The average Bonchev–Trinajstić information content (AvgIpc) is 2.59. The second-order valence-electron chi connectivity index (χ2n) is 5.28. The summed E-state index contributed by atoms with van der Waals surface area (Å²) in [4.78, 5) is 17.4. The Balaban J connectivity index is 1.96. The van der Waals surface area contributed by atoms with Gasteiger partial charge in [-0.05, 0) is 29.8 Å². The number of nitrogens with zero attached hydrogens (tertiary/aromatic N) is 2. The molecule has 0 fully saturated rings. The third-order valence-corrected chi connectivity index (χ3v) is 4.89. The number of ether oxygens (including phenoxy) is 1. The summed E-state index contributed by atoms with van der Waals surface area (Å²) in [7, 11) is 1.62. The second kappa shape index (κ2) is 7.83. The van der Waals surface area contributed by atoms with Crippen molar-refractivity contribution in [2.24, 2.45) is 0 Å². The molecule has 0 N–H and O–H groups in total. The van der Waals surface area contributed by atoms with Gasteiger partial charge in [-0.3, -0.25) is 9.36 Å². The van der Waals surface area contributed by atoms with Gasteiger partial charge >= 0.3 is 0 Å². The molecule has 0 unspecified atom stereocenters. The standard InChI is InChI=1S/C18H17ClN2O2S/c1-23-10-9-21-17(22)15-7-2-3-8-16(15)20-18(21)24-12-13-5-4-6-14(19)11-13/h2-8,11H,9-10,12H2,1H3. The molecule has 124 valence electrons. The number of para-hydroxylation sites is 1. The summed E-state index contributed by atoms with van der Waals surface area (Å²) >= 11 is 7.56. The normalized spacial score (nSPS) is 11.1. The van der Waals surface area contributed by atoms with E-state index in [1.54, 1.807) is 17.7 Å². The highest BCUT2D eigenvalue weighted by molar-refractivity contribution is 7.98. The van der Waals surface area contributed by atoms with Gasteiger partial charge in [0, 0.05) is 17.9 Å². The molecule has 3 aromatic rings. The van der Waals surface area contributed by atoms with E-state index in [9.17, 15) is 4.79 Å². The third-order valence-electron chi connectivity index (χ3n) is 3.60. The predicted octanol–water partition coefficient (Wildman–Crippen LogP) is 3.99. The Morgan fingerprint density at radius 3 is 2.83 bits per heavy atom. The van der Waals surface area contributed by atoms with Crippen molar-refractivity contribution < 1.29 is 4.74 Å². The molecule has 0 saturated carbocycles. The van der Waals surface area contributed by atoms with E-state index in [1.165, 1.54) is 11.8 Å². The van der Waals surface area contributed by atoms with E-state index in [-0.39, 0.29) is 5.56 Å². The third kappa shape index (κ3) is 3.80. The van der Waals surface area contributed by atoms with Crippen LogP contribution in [-0.2, 0) is 17.0 Å². The Kier molecular flexibility index (Phi) is 5.56. The van der Waals surface area contributed by atoms with Crippen molar-refractivity contribution in [1.29, 1.82) is 0 Å². The summed E-state index contributed by atoms with van der Waals surface area (Å²) in [6, 6.07) is 15.1. The molecule has 3 rings (SSSR count). The lowest BCUT2D eigenvalue weighted by atomic mass is 10.2. The maximum Gasteiger partial charge on any atom is 0.262 e. The van der Waals surface area contributed by atoms with Gasteiger partial charge in [0.05, 0.1) is 24.1 Å².